The molecule has 2 aromatic rings. The minimum Gasteiger partial charge on any atom is -0.742 e. The first-order chi connectivity index (χ1) is 6.07. The second-order valence-electron chi connectivity index (χ2n) is 2.51. The topological polar surface area (TPSA) is 85.9 Å². The smallest absolute Gasteiger partial charge is 0.742 e. The Balaban J connectivity index is 0.000000980. The van der Waals surface area contributed by atoms with Crippen LogP contribution in [0.3, 0.4) is 0 Å². The molecule has 78 valence electrons. The van der Waals surface area contributed by atoms with E-state index in [1.165, 1.54) is 0 Å². The van der Waals surface area contributed by atoms with Crippen molar-refractivity contribution in [2.75, 3.05) is 0 Å². The zero-order valence-corrected chi connectivity index (χ0v) is 8.99. The van der Waals surface area contributed by atoms with E-state index in [9.17, 15) is 13.0 Å². The van der Waals surface area contributed by atoms with E-state index < -0.39 is 15.3 Å². The number of imidazole rings is 1. The maximum absolute atomic E-state index is 10.6. The van der Waals surface area contributed by atoms with Gasteiger partial charge in [0.05, 0.1) is 11.0 Å². The molecule has 0 radical (unpaired) electrons. The minimum absolute atomic E-state index is 0. The Morgan fingerprint density at radius 3 is 2.50 bits per heavy atom. The van der Waals surface area contributed by atoms with Gasteiger partial charge in [0.2, 0.25) is 5.16 Å². The molecule has 1 N–H and O–H groups in total. The summed E-state index contributed by atoms with van der Waals surface area (Å²) in [5.41, 5.74) is 1.01. The molecule has 0 aliphatic rings. The third kappa shape index (κ3) is 2.05. The fraction of sp³-hybridized carbons (Fsp3) is 0. The van der Waals surface area contributed by atoms with Crippen molar-refractivity contribution in [3.63, 3.8) is 0 Å². The molecule has 1 aromatic carbocycles. The second-order valence-corrected chi connectivity index (χ2v) is 3.81. The van der Waals surface area contributed by atoms with Gasteiger partial charge < -0.3 is 9.54 Å². The number of hydrogen-bond donors (Lipinski definition) is 1. The molecule has 0 amide bonds. The summed E-state index contributed by atoms with van der Waals surface area (Å²) in [5, 5.41) is -0.534. The number of benzene rings is 1. The van der Waals surface area contributed by atoms with Crippen LogP contribution in [0, 0.1) is 0 Å². The van der Waals surface area contributed by atoms with Crippen molar-refractivity contribution in [3.05, 3.63) is 24.3 Å². The summed E-state index contributed by atoms with van der Waals surface area (Å²) in [6, 6.07) is 6.71. The largest absolute Gasteiger partial charge is 1.00 e. The summed E-state index contributed by atoms with van der Waals surface area (Å²) in [4.78, 5) is 6.05. The first-order valence-corrected chi connectivity index (χ1v) is 4.89. The van der Waals surface area contributed by atoms with E-state index in [1.54, 1.807) is 24.3 Å². The maximum atomic E-state index is 10.6. The molecule has 0 aliphatic carbocycles. The molecule has 0 spiro atoms. The molecule has 0 fully saturated rings. The molecule has 1 aromatic heterocycles. The van der Waals surface area contributed by atoms with E-state index in [2.05, 4.69) is 9.97 Å². The number of hydrogen-bond acceptors (Lipinski definition) is 4. The monoisotopic (exact) mass is 304 g/mol. The Labute approximate surface area is 95.8 Å². The van der Waals surface area contributed by atoms with E-state index in [0.29, 0.717) is 11.0 Å². The van der Waals surface area contributed by atoms with Gasteiger partial charge in [-0.1, -0.05) is 12.1 Å². The van der Waals surface area contributed by atoms with E-state index in [4.69, 9.17) is 0 Å². The SMILES string of the molecule is O=S(=O)([O-])c1nc2ccccc2[nH]1.[Ag+]. The fourth-order valence-electron chi connectivity index (χ4n) is 1.05. The van der Waals surface area contributed by atoms with Crippen molar-refractivity contribution in [1.82, 2.24) is 9.97 Å². The van der Waals surface area contributed by atoms with Crippen molar-refractivity contribution in [1.29, 1.82) is 0 Å². The molecule has 1 heterocycles. The molecule has 0 bridgehead atoms. The van der Waals surface area contributed by atoms with Gasteiger partial charge in [-0.05, 0) is 12.1 Å². The number of fused-ring (bicyclic) bond motifs is 1. The third-order valence-corrected chi connectivity index (χ3v) is 2.27. The van der Waals surface area contributed by atoms with Crippen molar-refractivity contribution in [2.45, 2.75) is 5.16 Å². The van der Waals surface area contributed by atoms with Crippen LogP contribution in [0.1, 0.15) is 0 Å². The van der Waals surface area contributed by atoms with Crippen molar-refractivity contribution >= 4 is 21.2 Å². The number of H-pyrrole nitrogens is 1. The summed E-state index contributed by atoms with van der Waals surface area (Å²) in [5.74, 6) is 0. The molecule has 0 saturated carbocycles. The number of aromatic nitrogens is 2. The molecule has 0 atom stereocenters. The second kappa shape index (κ2) is 3.84. The third-order valence-electron chi connectivity index (χ3n) is 1.60. The maximum Gasteiger partial charge on any atom is 1.00 e. The van der Waals surface area contributed by atoms with Crippen LogP contribution in [0.4, 0.5) is 0 Å². The zero-order valence-electron chi connectivity index (χ0n) is 6.69. The van der Waals surface area contributed by atoms with Gasteiger partial charge in [-0.3, -0.25) is 0 Å². The number of para-hydroxylation sites is 2. The summed E-state index contributed by atoms with van der Waals surface area (Å²) in [6.45, 7) is 0. The molecule has 5 nitrogen and oxygen atoms in total. The number of rotatable bonds is 1. The van der Waals surface area contributed by atoms with E-state index in [1.807, 2.05) is 0 Å². The predicted molar refractivity (Wildman–Crippen MR) is 44.1 cm³/mol. The fourth-order valence-corrected chi connectivity index (χ4v) is 1.49. The van der Waals surface area contributed by atoms with Crippen LogP contribution in [0.5, 0.6) is 0 Å². The Bertz CT molecular complexity index is 516. The Morgan fingerprint density at radius 2 is 1.93 bits per heavy atom. The van der Waals surface area contributed by atoms with E-state index >= 15 is 0 Å². The summed E-state index contributed by atoms with van der Waals surface area (Å²) in [7, 11) is -4.48. The van der Waals surface area contributed by atoms with Crippen molar-refractivity contribution < 1.29 is 35.4 Å². The van der Waals surface area contributed by atoms with E-state index in [0.717, 1.165) is 0 Å². The van der Waals surface area contributed by atoms with Crippen LogP contribution in [0.2, 0.25) is 0 Å². The van der Waals surface area contributed by atoms with Crippen molar-refractivity contribution in [2.24, 2.45) is 0 Å². The van der Waals surface area contributed by atoms with Crippen LogP contribution >= 0.6 is 0 Å². The number of nitrogens with one attached hydrogen (secondary N) is 1. The molecule has 0 aliphatic heterocycles. The van der Waals surface area contributed by atoms with Gasteiger partial charge >= 0.3 is 22.4 Å². The predicted octanol–water partition coefficient (Wildman–Crippen LogP) is 0.465. The molecular formula is C7H5AgN2O3S. The average molecular weight is 305 g/mol. The van der Waals surface area contributed by atoms with Crippen LogP contribution < -0.4 is 0 Å². The van der Waals surface area contributed by atoms with E-state index in [-0.39, 0.29) is 22.4 Å². The summed E-state index contributed by atoms with van der Waals surface area (Å²) < 4.78 is 31.7. The van der Waals surface area contributed by atoms with Crippen molar-refractivity contribution in [3.8, 4) is 0 Å². The summed E-state index contributed by atoms with van der Waals surface area (Å²) in [6.07, 6.45) is 0. The molecule has 0 unspecified atom stereocenters. The minimum atomic E-state index is -4.48. The first kappa shape index (κ1) is 11.4. The molecular weight excluding hydrogens is 300 g/mol. The van der Waals surface area contributed by atoms with Gasteiger partial charge in [0.15, 0.2) is 10.1 Å². The van der Waals surface area contributed by atoms with Gasteiger partial charge in [0, 0.05) is 0 Å². The van der Waals surface area contributed by atoms with Gasteiger partial charge in [0.25, 0.3) is 0 Å². The molecule has 7 heteroatoms. The molecule has 0 saturated heterocycles. The van der Waals surface area contributed by atoms with Crippen LogP contribution in [-0.2, 0) is 32.5 Å². The number of aromatic amines is 1. The van der Waals surface area contributed by atoms with Gasteiger partial charge in [0.1, 0.15) is 0 Å². The Kier molecular flexibility index (Phi) is 3.13. The van der Waals surface area contributed by atoms with Gasteiger partial charge in [-0.15, -0.1) is 0 Å². The normalized spacial score (nSPS) is 11.2. The zero-order chi connectivity index (χ0) is 9.47. The number of nitrogens with zero attached hydrogens (tertiary/aromatic N) is 1. The Hall–Kier alpha value is -0.660. The van der Waals surface area contributed by atoms with Gasteiger partial charge in [-0.2, -0.15) is 0 Å². The van der Waals surface area contributed by atoms with Gasteiger partial charge in [-0.25, -0.2) is 13.4 Å². The molecule has 14 heavy (non-hydrogen) atoms. The quantitative estimate of drug-likeness (QED) is 0.613. The standard InChI is InChI=1S/C7H6N2O3S.Ag/c10-13(11,12)7-8-5-3-1-2-4-6(5)9-7;/h1-4H,(H,8,9)(H,10,11,12);/q;+1/p-1. The average Bonchev–Trinajstić information content (AvgIpc) is 2.45. The molecule has 2 rings (SSSR count). The first-order valence-electron chi connectivity index (χ1n) is 3.48. The van der Waals surface area contributed by atoms with Crippen LogP contribution in [0.15, 0.2) is 29.4 Å². The van der Waals surface area contributed by atoms with Crippen LogP contribution in [0.25, 0.3) is 11.0 Å². The summed E-state index contributed by atoms with van der Waals surface area (Å²) >= 11 is 0. The Morgan fingerprint density at radius 1 is 1.29 bits per heavy atom. The van der Waals surface area contributed by atoms with Crippen LogP contribution in [-0.4, -0.2) is 22.9 Å².